The Hall–Kier alpha value is -1.18. The average molecular weight is 416 g/mol. The number of aliphatic hydroxyl groups excluding tert-OH is 6. The number of benzene rings is 1. The van der Waals surface area contributed by atoms with Gasteiger partial charge in [-0.25, -0.2) is 0 Å². The van der Waals surface area contributed by atoms with Crippen LogP contribution in [0.2, 0.25) is 0 Å². The van der Waals surface area contributed by atoms with Crippen LogP contribution in [0.25, 0.3) is 0 Å². The van der Waals surface area contributed by atoms with E-state index in [9.17, 15) is 30.6 Å². The molecule has 0 aromatic heterocycles. The lowest BCUT2D eigenvalue weighted by Crippen LogP contribution is -2.60. The van der Waals surface area contributed by atoms with E-state index in [-0.39, 0.29) is 19.8 Å². The molecule has 10 nitrogen and oxygen atoms in total. The maximum absolute atomic E-state index is 10.2. The van der Waals surface area contributed by atoms with Gasteiger partial charge in [-0.3, -0.25) is 0 Å². The van der Waals surface area contributed by atoms with Crippen molar-refractivity contribution in [3.8, 4) is 0 Å². The molecule has 29 heavy (non-hydrogen) atoms. The van der Waals surface area contributed by atoms with Crippen molar-refractivity contribution >= 4 is 0 Å². The lowest BCUT2D eigenvalue weighted by atomic mass is 9.99. The first-order chi connectivity index (χ1) is 13.9. The molecular weight excluding hydrogens is 388 g/mol. The SMILES string of the molecule is O[C@H]1[C@H](O)[C@@H](OCCc2ccccc2)O[C@@H](CO[C@H]2OC[C@@H](O)[C@@H](O)[C@H]2O)[C@H]1O. The average Bonchev–Trinajstić information content (AvgIpc) is 2.73. The minimum Gasteiger partial charge on any atom is -0.388 e. The summed E-state index contributed by atoms with van der Waals surface area (Å²) < 4.78 is 21.6. The summed E-state index contributed by atoms with van der Waals surface area (Å²) in [6, 6.07) is 9.54. The van der Waals surface area contributed by atoms with Gasteiger partial charge in [-0.15, -0.1) is 0 Å². The zero-order chi connectivity index (χ0) is 21.0. The highest BCUT2D eigenvalue weighted by atomic mass is 16.7. The third-order valence-corrected chi connectivity index (χ3v) is 5.06. The molecular formula is C19H28O10. The summed E-state index contributed by atoms with van der Waals surface area (Å²) in [5.41, 5.74) is 1.03. The molecule has 0 aliphatic carbocycles. The summed E-state index contributed by atoms with van der Waals surface area (Å²) in [7, 11) is 0. The van der Waals surface area contributed by atoms with Crippen LogP contribution in [-0.2, 0) is 25.4 Å². The molecule has 1 aromatic carbocycles. The standard InChI is InChI=1S/C19H28O10/c20-11-8-27-18(16(24)13(11)21)28-9-12-14(22)15(23)17(25)19(29-12)26-7-6-10-4-2-1-3-5-10/h1-5,11-25H,6-9H2/t11-,12+,13-,14-,15-,16-,17+,18-,19+/m1/s1. The number of rotatable bonds is 7. The smallest absolute Gasteiger partial charge is 0.186 e. The van der Waals surface area contributed by atoms with Crippen molar-refractivity contribution in [2.75, 3.05) is 19.8 Å². The van der Waals surface area contributed by atoms with E-state index in [1.165, 1.54) is 0 Å². The van der Waals surface area contributed by atoms with Crippen molar-refractivity contribution in [2.24, 2.45) is 0 Å². The van der Waals surface area contributed by atoms with Crippen molar-refractivity contribution in [2.45, 2.75) is 61.7 Å². The quantitative estimate of drug-likeness (QED) is 0.281. The van der Waals surface area contributed by atoms with Crippen molar-refractivity contribution in [3.05, 3.63) is 35.9 Å². The van der Waals surface area contributed by atoms with Gasteiger partial charge in [0.1, 0.15) is 42.7 Å². The van der Waals surface area contributed by atoms with E-state index in [4.69, 9.17) is 18.9 Å². The highest BCUT2D eigenvalue weighted by Gasteiger charge is 2.45. The molecule has 2 saturated heterocycles. The van der Waals surface area contributed by atoms with Crippen LogP contribution in [0.4, 0.5) is 0 Å². The molecule has 0 bridgehead atoms. The largest absolute Gasteiger partial charge is 0.388 e. The predicted molar refractivity (Wildman–Crippen MR) is 96.5 cm³/mol. The van der Waals surface area contributed by atoms with Crippen LogP contribution in [0.15, 0.2) is 30.3 Å². The summed E-state index contributed by atoms with van der Waals surface area (Å²) in [6.45, 7) is -0.325. The molecule has 164 valence electrons. The molecule has 9 atom stereocenters. The molecule has 0 amide bonds. The Morgan fingerprint density at radius 3 is 2.21 bits per heavy atom. The number of hydrogen-bond acceptors (Lipinski definition) is 10. The highest BCUT2D eigenvalue weighted by molar-refractivity contribution is 5.14. The summed E-state index contributed by atoms with van der Waals surface area (Å²) >= 11 is 0. The zero-order valence-corrected chi connectivity index (χ0v) is 15.7. The number of aliphatic hydroxyl groups is 6. The molecule has 2 aliphatic heterocycles. The molecule has 0 saturated carbocycles. The summed E-state index contributed by atoms with van der Waals surface area (Å²) in [4.78, 5) is 0. The second kappa shape index (κ2) is 10.2. The highest BCUT2D eigenvalue weighted by Crippen LogP contribution is 2.24. The Labute approximate surface area is 167 Å². The van der Waals surface area contributed by atoms with E-state index in [1.807, 2.05) is 30.3 Å². The zero-order valence-electron chi connectivity index (χ0n) is 15.7. The third kappa shape index (κ3) is 5.50. The lowest BCUT2D eigenvalue weighted by molar-refractivity contribution is -0.320. The molecule has 0 radical (unpaired) electrons. The molecule has 3 rings (SSSR count). The van der Waals surface area contributed by atoms with Crippen LogP contribution in [0.3, 0.4) is 0 Å². The fraction of sp³-hybridized carbons (Fsp3) is 0.684. The fourth-order valence-electron chi connectivity index (χ4n) is 3.25. The maximum atomic E-state index is 10.2. The Kier molecular flexibility index (Phi) is 7.93. The molecule has 10 heteroatoms. The first-order valence-corrected chi connectivity index (χ1v) is 9.51. The Balaban J connectivity index is 1.51. The predicted octanol–water partition coefficient (Wildman–Crippen LogP) is -2.49. The first-order valence-electron chi connectivity index (χ1n) is 9.51. The van der Waals surface area contributed by atoms with Crippen molar-refractivity contribution in [1.82, 2.24) is 0 Å². The normalized spacial score (nSPS) is 40.7. The van der Waals surface area contributed by atoms with Gasteiger partial charge in [0.25, 0.3) is 0 Å². The van der Waals surface area contributed by atoms with Crippen LogP contribution >= 0.6 is 0 Å². The van der Waals surface area contributed by atoms with Crippen molar-refractivity contribution in [3.63, 3.8) is 0 Å². The molecule has 0 spiro atoms. The van der Waals surface area contributed by atoms with E-state index < -0.39 is 55.3 Å². The molecule has 2 heterocycles. The van der Waals surface area contributed by atoms with Gasteiger partial charge in [-0.1, -0.05) is 30.3 Å². The molecule has 1 aromatic rings. The topological polar surface area (TPSA) is 158 Å². The molecule has 0 unspecified atom stereocenters. The van der Waals surface area contributed by atoms with E-state index in [2.05, 4.69) is 0 Å². The van der Waals surface area contributed by atoms with E-state index >= 15 is 0 Å². The van der Waals surface area contributed by atoms with Gasteiger partial charge in [0.15, 0.2) is 12.6 Å². The van der Waals surface area contributed by atoms with Crippen molar-refractivity contribution in [1.29, 1.82) is 0 Å². The minimum absolute atomic E-state index is 0.219. The second-order valence-electron chi connectivity index (χ2n) is 7.20. The van der Waals surface area contributed by atoms with Gasteiger partial charge in [0.05, 0.1) is 19.8 Å². The monoisotopic (exact) mass is 416 g/mol. The fourth-order valence-corrected chi connectivity index (χ4v) is 3.25. The minimum atomic E-state index is -1.52. The van der Waals surface area contributed by atoms with E-state index in [0.717, 1.165) is 5.56 Å². The van der Waals surface area contributed by atoms with Crippen LogP contribution < -0.4 is 0 Å². The Morgan fingerprint density at radius 1 is 0.793 bits per heavy atom. The molecule has 2 aliphatic rings. The Morgan fingerprint density at radius 2 is 1.48 bits per heavy atom. The third-order valence-electron chi connectivity index (χ3n) is 5.06. The first kappa shape index (κ1) is 22.5. The van der Waals surface area contributed by atoms with Crippen LogP contribution in [0.5, 0.6) is 0 Å². The van der Waals surface area contributed by atoms with Crippen molar-refractivity contribution < 1.29 is 49.6 Å². The van der Waals surface area contributed by atoms with E-state index in [0.29, 0.717) is 6.42 Å². The van der Waals surface area contributed by atoms with Crippen LogP contribution in [0.1, 0.15) is 5.56 Å². The number of hydrogen-bond donors (Lipinski definition) is 6. The van der Waals surface area contributed by atoms with Crippen LogP contribution in [0, 0.1) is 0 Å². The van der Waals surface area contributed by atoms with Gasteiger partial charge >= 0.3 is 0 Å². The van der Waals surface area contributed by atoms with Gasteiger partial charge in [-0.05, 0) is 12.0 Å². The van der Waals surface area contributed by atoms with E-state index in [1.54, 1.807) is 0 Å². The lowest BCUT2D eigenvalue weighted by Gasteiger charge is -2.41. The van der Waals surface area contributed by atoms with Crippen LogP contribution in [-0.4, -0.2) is 106 Å². The molecule has 2 fully saturated rings. The van der Waals surface area contributed by atoms with Gasteiger partial charge in [-0.2, -0.15) is 0 Å². The second-order valence-corrected chi connectivity index (χ2v) is 7.20. The van der Waals surface area contributed by atoms with Gasteiger partial charge < -0.3 is 49.6 Å². The van der Waals surface area contributed by atoms with Gasteiger partial charge in [0, 0.05) is 0 Å². The summed E-state index contributed by atoms with van der Waals surface area (Å²) in [5.74, 6) is 0. The molecule has 6 N–H and O–H groups in total. The summed E-state index contributed by atoms with van der Waals surface area (Å²) in [5, 5.41) is 59.4. The summed E-state index contributed by atoms with van der Waals surface area (Å²) in [6.07, 6.45) is -11.5. The maximum Gasteiger partial charge on any atom is 0.186 e. The van der Waals surface area contributed by atoms with Gasteiger partial charge in [0.2, 0.25) is 0 Å². The Bertz CT molecular complexity index is 616. The number of ether oxygens (including phenoxy) is 4.